The number of anilines is 1. The molecule has 3 aromatic rings. The predicted molar refractivity (Wildman–Crippen MR) is 112 cm³/mol. The lowest BCUT2D eigenvalue weighted by molar-refractivity contribution is 0.703. The van der Waals surface area contributed by atoms with Gasteiger partial charge in [0.15, 0.2) is 11.2 Å². The molecule has 0 aliphatic carbocycles. The molecule has 1 aromatic carbocycles. The van der Waals surface area contributed by atoms with Gasteiger partial charge in [-0.25, -0.2) is 10.2 Å². The summed E-state index contributed by atoms with van der Waals surface area (Å²) in [6.45, 7) is 2.01. The van der Waals surface area contributed by atoms with Gasteiger partial charge in [0.05, 0.1) is 6.21 Å². The van der Waals surface area contributed by atoms with E-state index >= 15 is 0 Å². The second-order valence-electron chi connectivity index (χ2n) is 6.11. The van der Waals surface area contributed by atoms with Crippen LogP contribution >= 0.6 is 23.2 Å². The van der Waals surface area contributed by atoms with E-state index in [2.05, 4.69) is 15.5 Å². The van der Waals surface area contributed by atoms with E-state index in [0.717, 1.165) is 10.1 Å². The predicted octanol–water partition coefficient (Wildman–Crippen LogP) is 2.68. The third kappa shape index (κ3) is 3.74. The molecular formula is C18H18Cl2N6O2. The van der Waals surface area contributed by atoms with Crippen molar-refractivity contribution in [2.45, 2.75) is 13.5 Å². The number of halogens is 2. The van der Waals surface area contributed by atoms with Crippen molar-refractivity contribution in [2.75, 3.05) is 5.43 Å². The Kier molecular flexibility index (Phi) is 5.71. The lowest BCUT2D eigenvalue weighted by Gasteiger charge is -2.07. The molecular weight excluding hydrogens is 403 g/mol. The van der Waals surface area contributed by atoms with Crippen molar-refractivity contribution in [3.63, 3.8) is 0 Å². The van der Waals surface area contributed by atoms with Crippen molar-refractivity contribution in [3.8, 4) is 0 Å². The van der Waals surface area contributed by atoms with Crippen LogP contribution in [0.5, 0.6) is 0 Å². The van der Waals surface area contributed by atoms with Gasteiger partial charge in [-0.15, -0.1) is 0 Å². The van der Waals surface area contributed by atoms with Crippen LogP contribution in [0.3, 0.4) is 0 Å². The van der Waals surface area contributed by atoms with Crippen molar-refractivity contribution in [3.05, 3.63) is 66.8 Å². The van der Waals surface area contributed by atoms with Crippen LogP contribution in [0.4, 0.5) is 5.95 Å². The number of nitrogens with zero attached hydrogens (tertiary/aromatic N) is 5. The van der Waals surface area contributed by atoms with Crippen LogP contribution in [0.1, 0.15) is 12.5 Å². The molecule has 28 heavy (non-hydrogen) atoms. The standard InChI is InChI=1S/C18H18Cl2N6O2/c1-11(19)8-9-26-14-15(24(2)18(28)25(3)16(14)27)22-17(26)23-21-10-12-6-4-5-7-13(12)20/h4-8,10H,9H2,1-3H3,(H,22,23)/b11-8+,21-10-. The van der Waals surface area contributed by atoms with Crippen LogP contribution < -0.4 is 16.7 Å². The minimum absolute atomic E-state index is 0.254. The Bertz CT molecular complexity index is 1220. The van der Waals surface area contributed by atoms with Gasteiger partial charge in [-0.2, -0.15) is 10.1 Å². The summed E-state index contributed by atoms with van der Waals surface area (Å²) in [5.74, 6) is 0.297. The van der Waals surface area contributed by atoms with Crippen LogP contribution in [-0.4, -0.2) is 24.9 Å². The first-order chi connectivity index (χ1) is 13.3. The minimum atomic E-state index is -0.461. The SMILES string of the molecule is C/C(Cl)=C\Cn1c(N/N=C\c2ccccc2Cl)nc2c1c(=O)n(C)c(=O)n2C. The monoisotopic (exact) mass is 420 g/mol. The third-order valence-electron chi connectivity index (χ3n) is 4.18. The molecule has 0 saturated heterocycles. The topological polar surface area (TPSA) is 86.2 Å². The first kappa shape index (κ1) is 19.9. The van der Waals surface area contributed by atoms with Crippen molar-refractivity contribution in [1.29, 1.82) is 0 Å². The number of allylic oxidation sites excluding steroid dienone is 2. The maximum atomic E-state index is 12.7. The van der Waals surface area contributed by atoms with Crippen molar-refractivity contribution in [1.82, 2.24) is 18.7 Å². The summed E-state index contributed by atoms with van der Waals surface area (Å²) in [6, 6.07) is 7.24. The third-order valence-corrected chi connectivity index (χ3v) is 4.68. The minimum Gasteiger partial charge on any atom is -0.299 e. The van der Waals surface area contributed by atoms with Crippen LogP contribution in [0.15, 0.2) is 50.1 Å². The molecule has 0 aliphatic rings. The maximum absolute atomic E-state index is 12.7. The van der Waals surface area contributed by atoms with Crippen LogP contribution in [0, 0.1) is 0 Å². The Morgan fingerprint density at radius 2 is 1.96 bits per heavy atom. The zero-order valence-electron chi connectivity index (χ0n) is 15.5. The number of fused-ring (bicyclic) bond motifs is 1. The highest BCUT2D eigenvalue weighted by Gasteiger charge is 2.18. The van der Waals surface area contributed by atoms with Gasteiger partial charge >= 0.3 is 5.69 Å². The van der Waals surface area contributed by atoms with Crippen molar-refractivity contribution < 1.29 is 0 Å². The Labute approximate surface area is 170 Å². The molecule has 8 nitrogen and oxygen atoms in total. The highest BCUT2D eigenvalue weighted by atomic mass is 35.5. The smallest absolute Gasteiger partial charge is 0.299 e. The van der Waals surface area contributed by atoms with Gasteiger partial charge in [0.25, 0.3) is 5.56 Å². The first-order valence-corrected chi connectivity index (χ1v) is 9.09. The normalized spacial score (nSPS) is 12.2. The molecule has 2 heterocycles. The number of hydrogen-bond acceptors (Lipinski definition) is 5. The average Bonchev–Trinajstić information content (AvgIpc) is 3.03. The van der Waals surface area contributed by atoms with E-state index in [9.17, 15) is 9.59 Å². The van der Waals surface area contributed by atoms with Gasteiger partial charge < -0.3 is 0 Å². The quantitative estimate of drug-likeness (QED) is 0.507. The Balaban J connectivity index is 2.12. The van der Waals surface area contributed by atoms with Crippen molar-refractivity contribution >= 4 is 46.5 Å². The largest absolute Gasteiger partial charge is 0.332 e. The number of hydrogen-bond donors (Lipinski definition) is 1. The fourth-order valence-electron chi connectivity index (χ4n) is 2.67. The second kappa shape index (κ2) is 8.04. The summed E-state index contributed by atoms with van der Waals surface area (Å²) in [4.78, 5) is 29.3. The van der Waals surface area contributed by atoms with E-state index in [1.54, 1.807) is 36.9 Å². The molecule has 0 amide bonds. The van der Waals surface area contributed by atoms with Crippen LogP contribution in [0.2, 0.25) is 5.02 Å². The molecule has 2 aromatic heterocycles. The van der Waals surface area contributed by atoms with Gasteiger partial charge in [0.2, 0.25) is 5.95 Å². The summed E-state index contributed by atoms with van der Waals surface area (Å²) in [7, 11) is 2.98. The lowest BCUT2D eigenvalue weighted by atomic mass is 10.2. The Morgan fingerprint density at radius 1 is 1.25 bits per heavy atom. The number of benzene rings is 1. The molecule has 0 spiro atoms. The number of rotatable bonds is 5. The number of aromatic nitrogens is 4. The highest BCUT2D eigenvalue weighted by molar-refractivity contribution is 6.33. The van der Waals surface area contributed by atoms with E-state index in [1.807, 2.05) is 18.2 Å². The number of nitrogens with one attached hydrogen (secondary N) is 1. The van der Waals surface area contributed by atoms with E-state index in [4.69, 9.17) is 23.2 Å². The summed E-state index contributed by atoms with van der Waals surface area (Å²) in [6.07, 6.45) is 3.28. The molecule has 10 heteroatoms. The molecule has 0 saturated carbocycles. The second-order valence-corrected chi connectivity index (χ2v) is 7.11. The molecule has 1 N–H and O–H groups in total. The average molecular weight is 421 g/mol. The zero-order chi connectivity index (χ0) is 20.4. The van der Waals surface area contributed by atoms with Crippen molar-refractivity contribution in [2.24, 2.45) is 19.2 Å². The van der Waals surface area contributed by atoms with Gasteiger partial charge in [-0.3, -0.25) is 18.5 Å². The molecule has 146 valence electrons. The lowest BCUT2D eigenvalue weighted by Crippen LogP contribution is -2.37. The van der Waals surface area contributed by atoms with E-state index in [-0.39, 0.29) is 17.7 Å². The first-order valence-electron chi connectivity index (χ1n) is 8.33. The zero-order valence-corrected chi connectivity index (χ0v) is 17.0. The van der Waals surface area contributed by atoms with E-state index in [0.29, 0.717) is 16.0 Å². The van der Waals surface area contributed by atoms with Gasteiger partial charge in [0, 0.05) is 36.3 Å². The fourth-order valence-corrected chi connectivity index (χ4v) is 2.92. The molecule has 0 bridgehead atoms. The molecule has 0 atom stereocenters. The van der Waals surface area contributed by atoms with Gasteiger partial charge in [0.1, 0.15) is 0 Å². The van der Waals surface area contributed by atoms with E-state index in [1.165, 1.54) is 11.6 Å². The van der Waals surface area contributed by atoms with Crippen LogP contribution in [0.25, 0.3) is 11.2 Å². The molecule has 0 unspecified atom stereocenters. The fraction of sp³-hybridized carbons (Fsp3) is 0.222. The van der Waals surface area contributed by atoms with Gasteiger partial charge in [-0.05, 0) is 13.0 Å². The maximum Gasteiger partial charge on any atom is 0.332 e. The van der Waals surface area contributed by atoms with E-state index < -0.39 is 11.2 Å². The molecule has 0 fully saturated rings. The molecule has 0 radical (unpaired) electrons. The highest BCUT2D eigenvalue weighted by Crippen LogP contribution is 2.17. The summed E-state index contributed by atoms with van der Waals surface area (Å²) < 4.78 is 3.97. The molecule has 3 rings (SSSR count). The molecule has 0 aliphatic heterocycles. The summed E-state index contributed by atoms with van der Waals surface area (Å²) >= 11 is 12.1. The summed E-state index contributed by atoms with van der Waals surface area (Å²) in [5.41, 5.74) is 3.16. The summed E-state index contributed by atoms with van der Waals surface area (Å²) in [5, 5.41) is 5.29. The number of aryl methyl sites for hydroxylation is 1. The number of imidazole rings is 1. The van der Waals surface area contributed by atoms with Gasteiger partial charge in [-0.1, -0.05) is 47.5 Å². The Morgan fingerprint density at radius 3 is 2.64 bits per heavy atom. The number of hydrazone groups is 1. The Hall–Kier alpha value is -2.84. The van der Waals surface area contributed by atoms with Crippen LogP contribution in [-0.2, 0) is 20.6 Å².